The molecule has 4 rings (SSSR count). The topological polar surface area (TPSA) is 95.4 Å². The fourth-order valence-corrected chi connectivity index (χ4v) is 3.92. The van der Waals surface area contributed by atoms with Crippen molar-refractivity contribution in [2.45, 2.75) is 32.2 Å². The predicted molar refractivity (Wildman–Crippen MR) is 120 cm³/mol. The number of rotatable bonds is 7. The molecular formula is C23H24ClN5O2. The number of halogens is 1. The number of aromatic nitrogens is 3. The van der Waals surface area contributed by atoms with Crippen LogP contribution in [0.2, 0.25) is 5.02 Å². The van der Waals surface area contributed by atoms with Crippen LogP contribution in [-0.2, 0) is 4.79 Å². The van der Waals surface area contributed by atoms with E-state index in [0.29, 0.717) is 36.0 Å². The molecule has 0 bridgehead atoms. The largest absolute Gasteiger partial charge is 0.497 e. The minimum Gasteiger partial charge on any atom is -0.497 e. The van der Waals surface area contributed by atoms with Crippen molar-refractivity contribution in [1.29, 1.82) is 0 Å². The molecule has 0 amide bonds. The van der Waals surface area contributed by atoms with Crippen LogP contribution in [0, 0.1) is 6.92 Å². The van der Waals surface area contributed by atoms with Gasteiger partial charge in [-0.3, -0.25) is 14.4 Å². The zero-order valence-electron chi connectivity index (χ0n) is 17.5. The summed E-state index contributed by atoms with van der Waals surface area (Å²) in [7, 11) is 1.63. The van der Waals surface area contributed by atoms with E-state index in [1.807, 2.05) is 54.0 Å². The second kappa shape index (κ2) is 8.99. The Morgan fingerprint density at radius 3 is 2.68 bits per heavy atom. The quantitative estimate of drug-likeness (QED) is 0.606. The highest BCUT2D eigenvalue weighted by Crippen LogP contribution is 2.34. The zero-order chi connectivity index (χ0) is 22.0. The van der Waals surface area contributed by atoms with Crippen LogP contribution in [0.5, 0.6) is 5.75 Å². The molecule has 0 aliphatic carbocycles. The average Bonchev–Trinajstić information content (AvgIpc) is 3.10. The molecule has 0 saturated carbocycles. The van der Waals surface area contributed by atoms with Crippen molar-refractivity contribution >= 4 is 23.1 Å². The number of Topliss-reactive ketones (excluding diaryl/α,β-unsaturated/α-hetero) is 1. The van der Waals surface area contributed by atoms with E-state index < -0.39 is 6.04 Å². The van der Waals surface area contributed by atoms with Crippen molar-refractivity contribution in [3.05, 3.63) is 70.3 Å². The summed E-state index contributed by atoms with van der Waals surface area (Å²) in [6, 6.07) is 12.9. The minimum absolute atomic E-state index is 0.102. The Kier molecular flexibility index (Phi) is 6.15. The standard InChI is InChI=1S/C23H24ClN5O2/c1-14-27-28-23-20(12-17(30)4-3-11-25)26-22(15-5-7-16(24)8-6-15)19-13-18(31-2)9-10-21(19)29(14)23/h5-10,13,20H,3-4,11-12,25H2,1-2H3/t20-/m0/s1. The molecule has 7 nitrogen and oxygen atoms in total. The van der Waals surface area contributed by atoms with Gasteiger partial charge >= 0.3 is 0 Å². The highest BCUT2D eigenvalue weighted by atomic mass is 35.5. The van der Waals surface area contributed by atoms with Crippen LogP contribution in [0.25, 0.3) is 5.69 Å². The molecule has 8 heteroatoms. The van der Waals surface area contributed by atoms with E-state index in [-0.39, 0.29) is 12.2 Å². The molecule has 2 aromatic carbocycles. The number of benzene rings is 2. The van der Waals surface area contributed by atoms with Gasteiger partial charge in [-0.1, -0.05) is 23.7 Å². The molecule has 0 saturated heterocycles. The number of aryl methyl sites for hydroxylation is 1. The summed E-state index contributed by atoms with van der Waals surface area (Å²) in [5, 5.41) is 9.31. The van der Waals surface area contributed by atoms with Crippen molar-refractivity contribution in [3.8, 4) is 11.4 Å². The number of aliphatic imine (C=N–C) groups is 1. The van der Waals surface area contributed by atoms with Crippen LogP contribution in [0.15, 0.2) is 47.5 Å². The summed E-state index contributed by atoms with van der Waals surface area (Å²) < 4.78 is 7.45. The maximum Gasteiger partial charge on any atom is 0.162 e. The number of carbonyl (C=O) groups excluding carboxylic acids is 1. The maximum atomic E-state index is 12.6. The second-order valence-electron chi connectivity index (χ2n) is 7.46. The van der Waals surface area contributed by atoms with Crippen molar-refractivity contribution in [2.75, 3.05) is 13.7 Å². The number of hydrogen-bond donors (Lipinski definition) is 1. The Morgan fingerprint density at radius 2 is 1.97 bits per heavy atom. The lowest BCUT2D eigenvalue weighted by atomic mass is 9.99. The summed E-state index contributed by atoms with van der Waals surface area (Å²) in [4.78, 5) is 17.7. The van der Waals surface area contributed by atoms with E-state index in [9.17, 15) is 4.79 Å². The number of nitrogens with zero attached hydrogens (tertiary/aromatic N) is 4. The Balaban J connectivity index is 1.91. The number of fused-ring (bicyclic) bond motifs is 3. The second-order valence-corrected chi connectivity index (χ2v) is 7.90. The van der Waals surface area contributed by atoms with Gasteiger partial charge in [-0.25, -0.2) is 0 Å². The van der Waals surface area contributed by atoms with E-state index >= 15 is 0 Å². The first-order valence-corrected chi connectivity index (χ1v) is 10.6. The van der Waals surface area contributed by atoms with Crippen molar-refractivity contribution < 1.29 is 9.53 Å². The molecule has 31 heavy (non-hydrogen) atoms. The summed E-state index contributed by atoms with van der Waals surface area (Å²) in [6.45, 7) is 2.38. The molecule has 1 atom stereocenters. The van der Waals surface area contributed by atoms with E-state index in [0.717, 1.165) is 28.4 Å². The molecule has 0 unspecified atom stereocenters. The Morgan fingerprint density at radius 1 is 1.19 bits per heavy atom. The van der Waals surface area contributed by atoms with Crippen molar-refractivity contribution in [1.82, 2.24) is 14.8 Å². The predicted octanol–water partition coefficient (Wildman–Crippen LogP) is 3.83. The molecule has 1 aliphatic rings. The SMILES string of the molecule is COc1ccc2c(c1)C(c1ccc(Cl)cc1)=N[C@@H](CC(=O)CCCN)c1nnc(C)n1-2. The molecule has 0 spiro atoms. The lowest BCUT2D eigenvalue weighted by Gasteiger charge is -2.14. The van der Waals surface area contributed by atoms with Gasteiger partial charge in [0.15, 0.2) is 5.82 Å². The number of carbonyl (C=O) groups is 1. The normalized spacial score (nSPS) is 15.0. The monoisotopic (exact) mass is 437 g/mol. The Bertz CT molecular complexity index is 1140. The lowest BCUT2D eigenvalue weighted by molar-refractivity contribution is -0.119. The van der Waals surface area contributed by atoms with Gasteiger partial charge in [-0.2, -0.15) is 0 Å². The summed E-state index contributed by atoms with van der Waals surface area (Å²) in [5.74, 6) is 2.19. The number of nitrogens with two attached hydrogens (primary N) is 1. The number of methoxy groups -OCH3 is 1. The van der Waals surface area contributed by atoms with E-state index in [1.165, 1.54) is 0 Å². The van der Waals surface area contributed by atoms with Crippen LogP contribution < -0.4 is 10.5 Å². The zero-order valence-corrected chi connectivity index (χ0v) is 18.3. The summed E-state index contributed by atoms with van der Waals surface area (Å²) >= 11 is 6.12. The third kappa shape index (κ3) is 4.24. The van der Waals surface area contributed by atoms with Crippen LogP contribution in [0.4, 0.5) is 0 Å². The highest BCUT2D eigenvalue weighted by molar-refractivity contribution is 6.30. The molecule has 0 radical (unpaired) electrons. The van der Waals surface area contributed by atoms with Crippen LogP contribution in [-0.4, -0.2) is 39.9 Å². The van der Waals surface area contributed by atoms with Crippen molar-refractivity contribution in [2.24, 2.45) is 10.7 Å². The van der Waals surface area contributed by atoms with Crippen LogP contribution in [0.3, 0.4) is 0 Å². The molecule has 2 N–H and O–H groups in total. The number of ether oxygens (including phenoxy) is 1. The van der Waals surface area contributed by atoms with Crippen LogP contribution >= 0.6 is 11.6 Å². The van der Waals surface area contributed by atoms with Gasteiger partial charge in [0, 0.05) is 29.0 Å². The molecule has 0 fully saturated rings. The van der Waals surface area contributed by atoms with Crippen molar-refractivity contribution in [3.63, 3.8) is 0 Å². The lowest BCUT2D eigenvalue weighted by Crippen LogP contribution is -2.12. The van der Waals surface area contributed by atoms with Gasteiger partial charge in [0.1, 0.15) is 23.4 Å². The van der Waals surface area contributed by atoms with Gasteiger partial charge in [-0.05, 0) is 50.2 Å². The van der Waals surface area contributed by atoms with Gasteiger partial charge in [0.05, 0.1) is 18.5 Å². The fourth-order valence-electron chi connectivity index (χ4n) is 3.79. The molecule has 1 aliphatic heterocycles. The first kappa shape index (κ1) is 21.2. The van der Waals surface area contributed by atoms with E-state index in [1.54, 1.807) is 7.11 Å². The maximum absolute atomic E-state index is 12.6. The Labute approximate surface area is 185 Å². The van der Waals surface area contributed by atoms with Gasteiger partial charge < -0.3 is 10.5 Å². The smallest absolute Gasteiger partial charge is 0.162 e. The summed E-state index contributed by atoms with van der Waals surface area (Å²) in [5.41, 5.74) is 9.01. The fraction of sp³-hybridized carbons (Fsp3) is 0.304. The molecular weight excluding hydrogens is 414 g/mol. The molecule has 2 heterocycles. The van der Waals surface area contributed by atoms with Crippen LogP contribution in [0.1, 0.15) is 48.1 Å². The van der Waals surface area contributed by atoms with E-state index in [4.69, 9.17) is 27.1 Å². The van der Waals surface area contributed by atoms with Gasteiger partial charge in [-0.15, -0.1) is 10.2 Å². The molecule has 1 aromatic heterocycles. The first-order valence-electron chi connectivity index (χ1n) is 10.2. The number of hydrogen-bond acceptors (Lipinski definition) is 6. The van der Waals surface area contributed by atoms with E-state index in [2.05, 4.69) is 10.2 Å². The molecule has 3 aromatic rings. The minimum atomic E-state index is -0.462. The van der Waals surface area contributed by atoms with Gasteiger partial charge in [0.2, 0.25) is 0 Å². The molecule has 160 valence electrons. The summed E-state index contributed by atoms with van der Waals surface area (Å²) in [6.07, 6.45) is 1.31. The third-order valence-electron chi connectivity index (χ3n) is 5.33. The first-order chi connectivity index (χ1) is 15.0. The third-order valence-corrected chi connectivity index (χ3v) is 5.58. The van der Waals surface area contributed by atoms with Gasteiger partial charge in [0.25, 0.3) is 0 Å². The highest BCUT2D eigenvalue weighted by Gasteiger charge is 2.29. The number of ketones is 1. The average molecular weight is 438 g/mol. The Hall–Kier alpha value is -3.03.